The number of hydrogen-bond donors (Lipinski definition) is 0. The van der Waals surface area contributed by atoms with E-state index in [0.717, 1.165) is 31.4 Å². The van der Waals surface area contributed by atoms with E-state index in [4.69, 9.17) is 0 Å². The van der Waals surface area contributed by atoms with Crippen molar-refractivity contribution >= 4 is 11.8 Å². The van der Waals surface area contributed by atoms with Crippen molar-refractivity contribution in [2.24, 2.45) is 5.92 Å². The number of amides is 2. The average Bonchev–Trinajstić information content (AvgIpc) is 2.64. The minimum atomic E-state index is -0.161. The molecule has 2 amide bonds. The summed E-state index contributed by atoms with van der Waals surface area (Å²) in [5.74, 6) is 0.00702. The standard InChI is InChI=1S/C17H24N2O2/c1-18(2)16(20)12-15-10-6-7-11-19(17(15)21)13-14-8-4-3-5-9-14/h3-5,8-9,15H,6-7,10-13H2,1-2H3/t15-/m1/s1. The van der Waals surface area contributed by atoms with Crippen LogP contribution in [0.5, 0.6) is 0 Å². The highest BCUT2D eigenvalue weighted by atomic mass is 16.2. The van der Waals surface area contributed by atoms with Gasteiger partial charge in [-0.25, -0.2) is 0 Å². The van der Waals surface area contributed by atoms with Crippen LogP contribution in [0.1, 0.15) is 31.2 Å². The Hall–Kier alpha value is -1.84. The van der Waals surface area contributed by atoms with Gasteiger partial charge in [-0.05, 0) is 18.4 Å². The number of rotatable bonds is 4. The Morgan fingerprint density at radius 1 is 1.24 bits per heavy atom. The molecule has 0 radical (unpaired) electrons. The van der Waals surface area contributed by atoms with Crippen LogP contribution in [-0.4, -0.2) is 42.3 Å². The van der Waals surface area contributed by atoms with E-state index in [9.17, 15) is 9.59 Å². The number of nitrogens with zero attached hydrogens (tertiary/aromatic N) is 2. The smallest absolute Gasteiger partial charge is 0.226 e. The van der Waals surface area contributed by atoms with Crippen molar-refractivity contribution in [3.05, 3.63) is 35.9 Å². The molecule has 1 aliphatic heterocycles. The predicted molar refractivity (Wildman–Crippen MR) is 82.5 cm³/mol. The summed E-state index contributed by atoms with van der Waals surface area (Å²) < 4.78 is 0. The summed E-state index contributed by atoms with van der Waals surface area (Å²) in [6.45, 7) is 1.44. The van der Waals surface area contributed by atoms with Gasteiger partial charge in [0.25, 0.3) is 0 Å². The van der Waals surface area contributed by atoms with Crippen LogP contribution >= 0.6 is 0 Å². The molecule has 0 aromatic heterocycles. The molecule has 0 saturated carbocycles. The fraction of sp³-hybridized carbons (Fsp3) is 0.529. The highest BCUT2D eigenvalue weighted by Crippen LogP contribution is 2.23. The summed E-state index contributed by atoms with van der Waals surface area (Å²) in [6, 6.07) is 10.0. The lowest BCUT2D eigenvalue weighted by atomic mass is 9.98. The average molecular weight is 288 g/mol. The van der Waals surface area contributed by atoms with Gasteiger partial charge in [0, 0.05) is 39.5 Å². The summed E-state index contributed by atoms with van der Waals surface area (Å²) in [5.41, 5.74) is 1.14. The summed E-state index contributed by atoms with van der Waals surface area (Å²) in [4.78, 5) is 28.0. The molecule has 21 heavy (non-hydrogen) atoms. The Kier molecular flexibility index (Phi) is 5.37. The molecule has 1 aromatic carbocycles. The molecule has 0 N–H and O–H groups in total. The highest BCUT2D eigenvalue weighted by Gasteiger charge is 2.29. The van der Waals surface area contributed by atoms with Crippen LogP contribution in [0.2, 0.25) is 0 Å². The first-order chi connectivity index (χ1) is 10.1. The maximum absolute atomic E-state index is 12.7. The van der Waals surface area contributed by atoms with E-state index in [0.29, 0.717) is 13.0 Å². The second-order valence-corrected chi connectivity index (χ2v) is 5.93. The van der Waals surface area contributed by atoms with Crippen molar-refractivity contribution in [3.63, 3.8) is 0 Å². The fourth-order valence-corrected chi connectivity index (χ4v) is 2.73. The molecule has 1 atom stereocenters. The number of likely N-dealkylation sites (tertiary alicyclic amines) is 1. The molecule has 2 rings (SSSR count). The van der Waals surface area contributed by atoms with Gasteiger partial charge in [0.2, 0.25) is 11.8 Å². The molecule has 4 heteroatoms. The predicted octanol–water partition coefficient (Wildman–Crippen LogP) is 2.29. The Balaban J connectivity index is 2.04. The van der Waals surface area contributed by atoms with Crippen LogP contribution in [0.25, 0.3) is 0 Å². The summed E-state index contributed by atoms with van der Waals surface area (Å²) in [5, 5.41) is 0. The van der Waals surface area contributed by atoms with Gasteiger partial charge in [0.15, 0.2) is 0 Å². The number of carbonyl (C=O) groups excluding carboxylic acids is 2. The molecule has 1 saturated heterocycles. The second kappa shape index (κ2) is 7.25. The zero-order valence-corrected chi connectivity index (χ0v) is 12.9. The third kappa shape index (κ3) is 4.31. The topological polar surface area (TPSA) is 40.6 Å². The van der Waals surface area contributed by atoms with E-state index in [2.05, 4.69) is 0 Å². The van der Waals surface area contributed by atoms with E-state index < -0.39 is 0 Å². The molecule has 0 unspecified atom stereocenters. The monoisotopic (exact) mass is 288 g/mol. The third-order valence-electron chi connectivity index (χ3n) is 4.03. The van der Waals surface area contributed by atoms with Crippen molar-refractivity contribution in [2.45, 2.75) is 32.2 Å². The zero-order valence-electron chi connectivity index (χ0n) is 12.9. The first-order valence-corrected chi connectivity index (χ1v) is 7.61. The quantitative estimate of drug-likeness (QED) is 0.853. The molecule has 0 spiro atoms. The zero-order chi connectivity index (χ0) is 15.2. The molecule has 1 aromatic rings. The van der Waals surface area contributed by atoms with Crippen molar-refractivity contribution in [2.75, 3.05) is 20.6 Å². The summed E-state index contributed by atoms with van der Waals surface area (Å²) in [6.07, 6.45) is 3.19. The van der Waals surface area contributed by atoms with E-state index in [1.807, 2.05) is 35.2 Å². The lowest BCUT2D eigenvalue weighted by molar-refractivity contribution is -0.140. The molecule has 1 fully saturated rings. The van der Waals surface area contributed by atoms with Gasteiger partial charge in [-0.3, -0.25) is 9.59 Å². The second-order valence-electron chi connectivity index (χ2n) is 5.93. The van der Waals surface area contributed by atoms with Crippen LogP contribution in [0.4, 0.5) is 0 Å². The highest BCUT2D eigenvalue weighted by molar-refractivity contribution is 5.85. The molecule has 114 valence electrons. The lowest BCUT2D eigenvalue weighted by Gasteiger charge is -2.25. The Morgan fingerprint density at radius 2 is 1.95 bits per heavy atom. The molecule has 1 heterocycles. The molecular weight excluding hydrogens is 264 g/mol. The SMILES string of the molecule is CN(C)C(=O)C[C@H]1CCCCN(Cc2ccccc2)C1=O. The van der Waals surface area contributed by atoms with Crippen LogP contribution in [0.15, 0.2) is 30.3 Å². The van der Waals surface area contributed by atoms with Crippen molar-refractivity contribution in [1.29, 1.82) is 0 Å². The maximum atomic E-state index is 12.7. The van der Waals surface area contributed by atoms with Gasteiger partial charge < -0.3 is 9.80 Å². The first kappa shape index (κ1) is 15.5. The van der Waals surface area contributed by atoms with Gasteiger partial charge in [-0.15, -0.1) is 0 Å². The van der Waals surface area contributed by atoms with Gasteiger partial charge in [-0.2, -0.15) is 0 Å². The number of benzene rings is 1. The third-order valence-corrected chi connectivity index (χ3v) is 4.03. The van der Waals surface area contributed by atoms with E-state index >= 15 is 0 Å². The molecular formula is C17H24N2O2. The van der Waals surface area contributed by atoms with Crippen LogP contribution < -0.4 is 0 Å². The summed E-state index contributed by atoms with van der Waals surface area (Å²) >= 11 is 0. The molecule has 0 aliphatic carbocycles. The van der Waals surface area contributed by atoms with Gasteiger partial charge in [0.05, 0.1) is 0 Å². The van der Waals surface area contributed by atoms with E-state index in [-0.39, 0.29) is 17.7 Å². The Morgan fingerprint density at radius 3 is 2.62 bits per heavy atom. The largest absolute Gasteiger partial charge is 0.349 e. The Labute approximate surface area is 126 Å². The minimum absolute atomic E-state index is 0.0370. The van der Waals surface area contributed by atoms with Crippen molar-refractivity contribution < 1.29 is 9.59 Å². The molecule has 1 aliphatic rings. The number of carbonyl (C=O) groups is 2. The Bertz CT molecular complexity index is 485. The minimum Gasteiger partial charge on any atom is -0.349 e. The van der Waals surface area contributed by atoms with E-state index in [1.54, 1.807) is 19.0 Å². The van der Waals surface area contributed by atoms with Gasteiger partial charge in [0.1, 0.15) is 0 Å². The molecule has 4 nitrogen and oxygen atoms in total. The fourth-order valence-electron chi connectivity index (χ4n) is 2.73. The lowest BCUT2D eigenvalue weighted by Crippen LogP contribution is -2.36. The van der Waals surface area contributed by atoms with Crippen molar-refractivity contribution in [3.8, 4) is 0 Å². The van der Waals surface area contributed by atoms with Gasteiger partial charge >= 0.3 is 0 Å². The van der Waals surface area contributed by atoms with Gasteiger partial charge in [-0.1, -0.05) is 36.8 Å². The van der Waals surface area contributed by atoms with Crippen LogP contribution in [0.3, 0.4) is 0 Å². The number of hydrogen-bond acceptors (Lipinski definition) is 2. The normalized spacial score (nSPS) is 19.2. The molecule has 0 bridgehead atoms. The summed E-state index contributed by atoms with van der Waals surface area (Å²) in [7, 11) is 3.48. The van der Waals surface area contributed by atoms with Crippen LogP contribution in [0, 0.1) is 5.92 Å². The first-order valence-electron chi connectivity index (χ1n) is 7.61. The van der Waals surface area contributed by atoms with Crippen LogP contribution in [-0.2, 0) is 16.1 Å². The maximum Gasteiger partial charge on any atom is 0.226 e. The van der Waals surface area contributed by atoms with E-state index in [1.165, 1.54) is 0 Å². The van der Waals surface area contributed by atoms with Crippen molar-refractivity contribution in [1.82, 2.24) is 9.80 Å².